The van der Waals surface area contributed by atoms with E-state index in [9.17, 15) is 0 Å². The van der Waals surface area contributed by atoms with Gasteiger partial charge in [-0.2, -0.15) is 0 Å². The maximum atomic E-state index is 4.58. The quantitative estimate of drug-likeness (QED) is 0.214. The molecule has 0 aliphatic heterocycles. The number of hydrogen-bond donors (Lipinski definition) is 0. The fourth-order valence-corrected chi connectivity index (χ4v) is 11.1. The molecule has 2 rings (SSSR count). The average Bonchev–Trinajstić information content (AvgIpc) is 2.81. The summed E-state index contributed by atoms with van der Waals surface area (Å²) in [7, 11) is 4.18. The van der Waals surface area contributed by atoms with Gasteiger partial charge in [-0.05, 0) is 68.5 Å². The van der Waals surface area contributed by atoms with Crippen LogP contribution in [0.4, 0.5) is 0 Å². The Hall–Kier alpha value is 1.19. The summed E-state index contributed by atoms with van der Waals surface area (Å²) in [6, 6.07) is 18.2. The van der Waals surface area contributed by atoms with E-state index in [0.29, 0.717) is 20.6 Å². The van der Waals surface area contributed by atoms with Gasteiger partial charge in [0.1, 0.15) is 0 Å². The second kappa shape index (κ2) is 16.1. The Morgan fingerprint density at radius 1 is 0.395 bits per heavy atom. The molecule has 2 aromatic rings. The van der Waals surface area contributed by atoms with Crippen LogP contribution in [0.1, 0.15) is 83.1 Å². The summed E-state index contributed by atoms with van der Waals surface area (Å²) in [5, 5.41) is 8.01. The van der Waals surface area contributed by atoms with Crippen LogP contribution in [0.15, 0.2) is 48.5 Å². The Kier molecular flexibility index (Phi) is 16.7. The van der Waals surface area contributed by atoms with E-state index in [4.69, 9.17) is 0 Å². The second-order valence-corrected chi connectivity index (χ2v) is 25.7. The fraction of sp³-hybridized carbons (Fsp3) is 0.625. The van der Waals surface area contributed by atoms with E-state index in [0.717, 1.165) is 0 Å². The molecular formula is C32H56AuClP4. The summed E-state index contributed by atoms with van der Waals surface area (Å²) >= 11 is 1.75. The predicted octanol–water partition coefficient (Wildman–Crippen LogP) is 10.2. The molecule has 6 heteroatoms. The SMILES string of the molecule is C[P@@](c1ccccc1[P@](C)C(C)(C)C)C(C)(C)C.C[P@@](c1ccccc1[P@](C)C(C)(C)C)C(C)(C)C.[Cl][Au]. The Labute approximate surface area is 259 Å². The summed E-state index contributed by atoms with van der Waals surface area (Å²) in [4.78, 5) is 0. The van der Waals surface area contributed by atoms with Crippen LogP contribution in [-0.4, -0.2) is 47.3 Å². The molecule has 0 N–H and O–H groups in total. The van der Waals surface area contributed by atoms with Crippen molar-refractivity contribution in [1.82, 2.24) is 0 Å². The summed E-state index contributed by atoms with van der Waals surface area (Å²) < 4.78 is 0. The van der Waals surface area contributed by atoms with Crippen molar-refractivity contribution < 1.29 is 20.0 Å². The molecule has 38 heavy (non-hydrogen) atoms. The Morgan fingerprint density at radius 3 is 0.632 bits per heavy atom. The third-order valence-electron chi connectivity index (χ3n) is 7.23. The van der Waals surface area contributed by atoms with Crippen LogP contribution in [0.5, 0.6) is 0 Å². The molecule has 2 aromatic carbocycles. The van der Waals surface area contributed by atoms with E-state index in [-0.39, 0.29) is 31.7 Å². The summed E-state index contributed by atoms with van der Waals surface area (Å²) in [6.07, 6.45) is 0. The molecule has 0 aliphatic carbocycles. The van der Waals surface area contributed by atoms with Crippen molar-refractivity contribution in [3.05, 3.63) is 48.5 Å². The van der Waals surface area contributed by atoms with Crippen molar-refractivity contribution >= 4 is 62.1 Å². The first kappa shape index (κ1) is 39.2. The summed E-state index contributed by atoms with van der Waals surface area (Å²) in [5.41, 5.74) is 0. The van der Waals surface area contributed by atoms with Crippen molar-refractivity contribution in [3.63, 3.8) is 0 Å². The minimum atomic E-state index is -0.101. The van der Waals surface area contributed by atoms with Crippen molar-refractivity contribution in [1.29, 1.82) is 0 Å². The summed E-state index contributed by atoms with van der Waals surface area (Å²) in [6.45, 7) is 38.1. The molecule has 222 valence electrons. The van der Waals surface area contributed by atoms with E-state index < -0.39 is 0 Å². The number of benzene rings is 2. The van der Waals surface area contributed by atoms with Crippen LogP contribution in [0.25, 0.3) is 0 Å². The first-order chi connectivity index (χ1) is 17.1. The molecule has 0 heterocycles. The molecule has 0 nitrogen and oxygen atoms in total. The molecular weight excluding hydrogens is 741 g/mol. The molecule has 0 spiro atoms. The Morgan fingerprint density at radius 2 is 0.526 bits per heavy atom. The van der Waals surface area contributed by atoms with Gasteiger partial charge in [0.15, 0.2) is 0 Å². The molecule has 0 bridgehead atoms. The zero-order chi connectivity index (χ0) is 30.3. The van der Waals surface area contributed by atoms with Crippen LogP contribution in [0.2, 0.25) is 0 Å². The second-order valence-electron chi connectivity index (χ2n) is 13.9. The van der Waals surface area contributed by atoms with E-state index in [1.165, 1.54) is 0 Å². The van der Waals surface area contributed by atoms with E-state index in [1.54, 1.807) is 41.2 Å². The van der Waals surface area contributed by atoms with Crippen LogP contribution in [-0.2, 0) is 20.0 Å². The van der Waals surface area contributed by atoms with Gasteiger partial charge in [0, 0.05) is 0 Å². The van der Waals surface area contributed by atoms with Crippen molar-refractivity contribution in [2.45, 2.75) is 104 Å². The standard InChI is InChI=1S/2C16H28P2.Au.ClH/c2*1-15(2,3)17(7)13-11-9-10-12-14(13)18(8)16(4,5)6;;/h2*9-12H,1-8H3;;1H/q;;+1;/p-1/t2*17-,18-;;/m00../s1. The van der Waals surface area contributed by atoms with Gasteiger partial charge in [0.2, 0.25) is 0 Å². The molecule has 0 radical (unpaired) electrons. The molecule has 0 fully saturated rings. The summed E-state index contributed by atoms with van der Waals surface area (Å²) in [5.74, 6) is 0. The Bertz CT molecular complexity index is 807. The van der Waals surface area contributed by atoms with Crippen LogP contribution in [0, 0.1) is 0 Å². The van der Waals surface area contributed by atoms with E-state index >= 15 is 0 Å². The van der Waals surface area contributed by atoms with E-state index in [1.807, 2.05) is 0 Å². The Balaban J connectivity index is 0.000000676. The number of hydrogen-bond acceptors (Lipinski definition) is 0. The van der Waals surface area contributed by atoms with Crippen molar-refractivity contribution in [2.75, 3.05) is 26.7 Å². The van der Waals surface area contributed by atoms with Gasteiger partial charge in [-0.25, -0.2) is 0 Å². The normalized spacial score (nSPS) is 15.8. The fourth-order valence-electron chi connectivity index (χ4n) is 3.51. The first-order valence-electron chi connectivity index (χ1n) is 13.3. The van der Waals surface area contributed by atoms with Crippen molar-refractivity contribution in [3.8, 4) is 0 Å². The molecule has 0 amide bonds. The van der Waals surface area contributed by atoms with Gasteiger partial charge < -0.3 is 0 Å². The molecule has 0 unspecified atom stereocenters. The van der Waals surface area contributed by atoms with Gasteiger partial charge >= 0.3 is 29.2 Å². The van der Waals surface area contributed by atoms with Crippen LogP contribution < -0.4 is 21.2 Å². The third kappa shape index (κ3) is 12.2. The third-order valence-corrected chi connectivity index (χ3v) is 20.1. The zero-order valence-corrected chi connectivity index (χ0v) is 33.6. The molecule has 0 aromatic heterocycles. The minimum absolute atomic E-state index is 0.101. The number of halogens is 1. The maximum absolute atomic E-state index is 4.58. The van der Waals surface area contributed by atoms with Gasteiger partial charge in [-0.3, -0.25) is 0 Å². The monoisotopic (exact) mass is 796 g/mol. The topological polar surface area (TPSA) is 0 Å². The van der Waals surface area contributed by atoms with Gasteiger partial charge in [0.25, 0.3) is 0 Å². The van der Waals surface area contributed by atoms with E-state index in [2.05, 4.69) is 167 Å². The zero-order valence-electron chi connectivity index (χ0n) is 27.1. The number of rotatable bonds is 4. The van der Waals surface area contributed by atoms with Crippen molar-refractivity contribution in [2.24, 2.45) is 0 Å². The van der Waals surface area contributed by atoms with Crippen LogP contribution >= 0.6 is 40.9 Å². The van der Waals surface area contributed by atoms with Crippen LogP contribution in [0.3, 0.4) is 0 Å². The van der Waals surface area contributed by atoms with Gasteiger partial charge in [-0.15, -0.1) is 0 Å². The van der Waals surface area contributed by atoms with Gasteiger partial charge in [-0.1, -0.05) is 163 Å². The average molecular weight is 797 g/mol. The molecule has 0 aliphatic rings. The molecule has 0 saturated heterocycles. The first-order valence-corrected chi connectivity index (χ1v) is 23.2. The van der Waals surface area contributed by atoms with Gasteiger partial charge in [0.05, 0.1) is 0 Å². The molecule has 4 atom stereocenters. The predicted molar refractivity (Wildman–Crippen MR) is 188 cm³/mol. The molecule has 0 saturated carbocycles.